The van der Waals surface area contributed by atoms with Crippen molar-refractivity contribution in [3.8, 4) is 0 Å². The van der Waals surface area contributed by atoms with Gasteiger partial charge >= 0.3 is 0 Å². The lowest BCUT2D eigenvalue weighted by Crippen LogP contribution is -1.94. The average Bonchev–Trinajstić information content (AvgIpc) is 1.66. The van der Waals surface area contributed by atoms with Crippen LogP contribution < -0.4 is 0 Å². The Morgan fingerprint density at radius 2 is 2.12 bits per heavy atom. The smallest absolute Gasteiger partial charge is 0.145 e. The van der Waals surface area contributed by atoms with Gasteiger partial charge in [-0.25, -0.2) is 0 Å². The summed E-state index contributed by atoms with van der Waals surface area (Å²) >= 11 is 0. The van der Waals surface area contributed by atoms with E-state index < -0.39 is 0 Å². The number of carbonyl (C=O) groups is 1. The molecule has 2 nitrogen and oxygen atoms in total. The molecule has 0 aliphatic rings. The van der Waals surface area contributed by atoms with Gasteiger partial charge in [0.05, 0.1) is 12.4 Å². The summed E-state index contributed by atoms with van der Waals surface area (Å²) in [5.74, 6) is 0. The van der Waals surface area contributed by atoms with Crippen LogP contribution in [0.1, 0.15) is 13.8 Å². The van der Waals surface area contributed by atoms with Crippen LogP contribution in [0.5, 0.6) is 0 Å². The summed E-state index contributed by atoms with van der Waals surface area (Å²) < 4.78 is 4.87. The maximum Gasteiger partial charge on any atom is 0.145 e. The highest BCUT2D eigenvalue weighted by molar-refractivity contribution is 5.64. The third-order valence-corrected chi connectivity index (χ3v) is 0.508. The predicted octanol–water partition coefficient (Wildman–Crippen LogP) is 1.12. The molecule has 0 aromatic heterocycles. The fraction of sp³-hybridized carbons (Fsp3) is 0.500. The fourth-order valence-corrected chi connectivity index (χ4v) is 0.235. The zero-order valence-electron chi connectivity index (χ0n) is 5.13. The van der Waals surface area contributed by atoms with Gasteiger partial charge in [0, 0.05) is 6.08 Å². The van der Waals surface area contributed by atoms with E-state index in [9.17, 15) is 4.79 Å². The van der Waals surface area contributed by atoms with Gasteiger partial charge in [0.15, 0.2) is 0 Å². The van der Waals surface area contributed by atoms with Crippen LogP contribution in [-0.4, -0.2) is 12.4 Å². The van der Waals surface area contributed by atoms with E-state index in [1.165, 1.54) is 12.3 Å². The molecule has 0 saturated heterocycles. The van der Waals surface area contributed by atoms with Crippen LogP contribution in [0.25, 0.3) is 0 Å². The Balaban J connectivity index is 3.15. The quantitative estimate of drug-likeness (QED) is 0.312. The molecule has 0 radical (unpaired) electrons. The first-order chi connectivity index (χ1) is 3.77. The summed E-state index contributed by atoms with van der Waals surface area (Å²) in [6, 6.07) is 0. The molecule has 0 aliphatic carbocycles. The molecule has 0 bridgehead atoms. The Kier molecular flexibility index (Phi) is 3.94. The number of aldehydes is 1. The third-order valence-electron chi connectivity index (χ3n) is 0.508. The molecule has 0 amide bonds. The van der Waals surface area contributed by atoms with Gasteiger partial charge < -0.3 is 4.74 Å². The monoisotopic (exact) mass is 114 g/mol. The number of allylic oxidation sites excluding steroid dienone is 1. The minimum absolute atomic E-state index is 0.159. The van der Waals surface area contributed by atoms with Crippen LogP contribution in [0.2, 0.25) is 0 Å². The zero-order valence-corrected chi connectivity index (χ0v) is 5.13. The van der Waals surface area contributed by atoms with E-state index in [0.717, 1.165) is 0 Å². The predicted molar refractivity (Wildman–Crippen MR) is 31.4 cm³/mol. The van der Waals surface area contributed by atoms with Crippen LogP contribution >= 0.6 is 0 Å². The molecule has 0 unspecified atom stereocenters. The number of hydrogen-bond donors (Lipinski definition) is 0. The zero-order chi connectivity index (χ0) is 6.41. The number of hydrogen-bond acceptors (Lipinski definition) is 2. The molecule has 46 valence electrons. The van der Waals surface area contributed by atoms with Crippen molar-refractivity contribution in [2.75, 3.05) is 0 Å². The molecule has 0 N–H and O–H groups in total. The van der Waals surface area contributed by atoms with Gasteiger partial charge in [0.25, 0.3) is 0 Å². The van der Waals surface area contributed by atoms with Gasteiger partial charge in [-0.3, -0.25) is 4.79 Å². The van der Waals surface area contributed by atoms with E-state index in [0.29, 0.717) is 6.29 Å². The SMILES string of the molecule is CC(C)OC=CC=O. The Morgan fingerprint density at radius 3 is 2.50 bits per heavy atom. The summed E-state index contributed by atoms with van der Waals surface area (Å²) in [4.78, 5) is 9.62. The molecule has 0 fully saturated rings. The molecule has 0 rings (SSSR count). The molecule has 0 aromatic carbocycles. The lowest BCUT2D eigenvalue weighted by Gasteiger charge is -2.00. The minimum Gasteiger partial charge on any atom is -0.499 e. The Morgan fingerprint density at radius 1 is 1.50 bits per heavy atom. The molecule has 2 heteroatoms. The molecule has 0 aliphatic heterocycles. The molecule has 0 aromatic rings. The summed E-state index contributed by atoms with van der Waals surface area (Å²) in [7, 11) is 0. The molecule has 0 atom stereocenters. The number of ether oxygens (including phenoxy) is 1. The van der Waals surface area contributed by atoms with E-state index in [-0.39, 0.29) is 6.10 Å². The van der Waals surface area contributed by atoms with Crippen LogP contribution in [0.15, 0.2) is 12.3 Å². The molecule has 0 saturated carbocycles. The Hall–Kier alpha value is -0.790. The van der Waals surface area contributed by atoms with Crippen LogP contribution in [0, 0.1) is 0 Å². The lowest BCUT2D eigenvalue weighted by molar-refractivity contribution is -0.104. The van der Waals surface area contributed by atoms with Gasteiger partial charge in [-0.1, -0.05) is 0 Å². The first-order valence-corrected chi connectivity index (χ1v) is 2.53. The normalized spacial score (nSPS) is 10.4. The van der Waals surface area contributed by atoms with E-state index in [2.05, 4.69) is 0 Å². The third kappa shape index (κ3) is 5.21. The van der Waals surface area contributed by atoms with Crippen LogP contribution in [-0.2, 0) is 9.53 Å². The molecular formula is C6H10O2. The van der Waals surface area contributed by atoms with Crippen molar-refractivity contribution in [1.29, 1.82) is 0 Å². The second-order valence-electron chi connectivity index (χ2n) is 1.65. The van der Waals surface area contributed by atoms with Crippen molar-refractivity contribution < 1.29 is 9.53 Å². The number of rotatable bonds is 3. The lowest BCUT2D eigenvalue weighted by atomic mass is 10.5. The van der Waals surface area contributed by atoms with E-state index in [4.69, 9.17) is 4.74 Å². The topological polar surface area (TPSA) is 26.3 Å². The van der Waals surface area contributed by atoms with Gasteiger partial charge in [0.1, 0.15) is 6.29 Å². The van der Waals surface area contributed by atoms with E-state index in [1.807, 2.05) is 13.8 Å². The average molecular weight is 114 g/mol. The minimum atomic E-state index is 0.159. The summed E-state index contributed by atoms with van der Waals surface area (Å²) in [5, 5.41) is 0. The molecule has 8 heavy (non-hydrogen) atoms. The van der Waals surface area contributed by atoms with E-state index in [1.54, 1.807) is 0 Å². The highest BCUT2D eigenvalue weighted by atomic mass is 16.5. The summed E-state index contributed by atoms with van der Waals surface area (Å²) in [6.07, 6.45) is 3.55. The fourth-order valence-electron chi connectivity index (χ4n) is 0.235. The van der Waals surface area contributed by atoms with Gasteiger partial charge in [-0.05, 0) is 13.8 Å². The summed E-state index contributed by atoms with van der Waals surface area (Å²) in [6.45, 7) is 3.80. The number of carbonyl (C=O) groups excluding carboxylic acids is 1. The van der Waals surface area contributed by atoms with Gasteiger partial charge in [0.2, 0.25) is 0 Å². The molecular weight excluding hydrogens is 104 g/mol. The van der Waals surface area contributed by atoms with Crippen molar-refractivity contribution in [2.24, 2.45) is 0 Å². The summed E-state index contributed by atoms with van der Waals surface area (Å²) in [5.41, 5.74) is 0. The van der Waals surface area contributed by atoms with Crippen molar-refractivity contribution in [2.45, 2.75) is 20.0 Å². The first kappa shape index (κ1) is 7.21. The first-order valence-electron chi connectivity index (χ1n) is 2.53. The second-order valence-corrected chi connectivity index (χ2v) is 1.65. The van der Waals surface area contributed by atoms with Crippen LogP contribution in [0.3, 0.4) is 0 Å². The Labute approximate surface area is 49.1 Å². The van der Waals surface area contributed by atoms with Crippen LogP contribution in [0.4, 0.5) is 0 Å². The van der Waals surface area contributed by atoms with Crippen molar-refractivity contribution in [3.05, 3.63) is 12.3 Å². The molecule has 0 heterocycles. The maximum absolute atomic E-state index is 9.62. The highest BCUT2D eigenvalue weighted by Gasteiger charge is 1.82. The highest BCUT2D eigenvalue weighted by Crippen LogP contribution is 1.85. The second kappa shape index (κ2) is 4.37. The Bertz CT molecular complexity index is 84.5. The van der Waals surface area contributed by atoms with Crippen molar-refractivity contribution >= 4 is 6.29 Å². The maximum atomic E-state index is 9.62. The van der Waals surface area contributed by atoms with Crippen molar-refractivity contribution in [1.82, 2.24) is 0 Å². The van der Waals surface area contributed by atoms with Gasteiger partial charge in [-0.15, -0.1) is 0 Å². The molecule has 0 spiro atoms. The largest absolute Gasteiger partial charge is 0.499 e. The van der Waals surface area contributed by atoms with Gasteiger partial charge in [-0.2, -0.15) is 0 Å². The standard InChI is InChI=1S/C6H10O2/c1-6(2)8-5-3-4-7/h3-6H,1-2H3. The van der Waals surface area contributed by atoms with Crippen molar-refractivity contribution in [3.63, 3.8) is 0 Å². The van der Waals surface area contributed by atoms with E-state index >= 15 is 0 Å².